The van der Waals surface area contributed by atoms with Gasteiger partial charge in [-0.25, -0.2) is 28.0 Å². The van der Waals surface area contributed by atoms with E-state index in [1.54, 1.807) is 24.4 Å². The minimum atomic E-state index is -1.36. The van der Waals surface area contributed by atoms with Crippen LogP contribution in [0.4, 0.5) is 19.0 Å². The number of hydrogen-bond acceptors (Lipinski definition) is 9. The molecule has 10 nitrogen and oxygen atoms in total. The zero-order chi connectivity index (χ0) is 35.0. The Morgan fingerprint density at radius 1 is 1.08 bits per heavy atom. The summed E-state index contributed by atoms with van der Waals surface area (Å²) in [6.07, 6.45) is 2.76. The van der Waals surface area contributed by atoms with E-state index >= 15 is 4.39 Å². The molecule has 1 amide bonds. The van der Waals surface area contributed by atoms with Crippen molar-refractivity contribution in [2.75, 3.05) is 19.0 Å². The van der Waals surface area contributed by atoms with Gasteiger partial charge in [-0.05, 0) is 72.5 Å². The number of halogens is 3. The smallest absolute Gasteiger partial charge is 0.434 e. The van der Waals surface area contributed by atoms with Crippen molar-refractivity contribution >= 4 is 33.1 Å². The number of anilines is 1. The van der Waals surface area contributed by atoms with E-state index in [0.717, 1.165) is 23.8 Å². The standard InChI is InChI=1S/C37H29F3N6O4S/c1-49-32-21-16-23(40)30(20(21)9-10-22(32)39)43-34-33-18(12-13-41-34)15-26(51-33)28-27(35-44-45-37(48)50-35)24(11-6-17-4-7-19(38)8-5-17)42-31-25-3-2-14-46(25)36(47)29(28)31/h4-5,7-10,12-13,15,23,25,30H,2-3,6,11,14,16H2,1H3,(H,41,43)(H,45,48)/t23-,25+,30+/m0/s1. The fraction of sp³-hybridized carbons (Fsp3) is 0.270. The maximum Gasteiger partial charge on any atom is 0.434 e. The van der Waals surface area contributed by atoms with Gasteiger partial charge in [0.25, 0.3) is 11.8 Å². The number of methoxy groups -OCH3 is 1. The molecule has 0 spiro atoms. The highest BCUT2D eigenvalue weighted by Gasteiger charge is 2.45. The number of amides is 1. The van der Waals surface area contributed by atoms with Gasteiger partial charge in [-0.2, -0.15) is 0 Å². The third kappa shape index (κ3) is 5.10. The summed E-state index contributed by atoms with van der Waals surface area (Å²) in [4.78, 5) is 38.7. The fourth-order valence-corrected chi connectivity index (χ4v) is 8.97. The van der Waals surface area contributed by atoms with Crippen LogP contribution >= 0.6 is 11.3 Å². The molecule has 3 atom stereocenters. The summed E-state index contributed by atoms with van der Waals surface area (Å²) in [6.45, 7) is 0.601. The molecular weight excluding hydrogens is 682 g/mol. The number of fused-ring (bicyclic) bond motifs is 5. The van der Waals surface area contributed by atoms with Crippen molar-refractivity contribution in [1.29, 1.82) is 0 Å². The zero-order valence-electron chi connectivity index (χ0n) is 27.1. The first-order valence-electron chi connectivity index (χ1n) is 16.6. The number of nitrogens with one attached hydrogen (secondary N) is 2. The summed E-state index contributed by atoms with van der Waals surface area (Å²) in [5.41, 5.74) is 4.61. The number of benzene rings is 2. The average molecular weight is 711 g/mol. The number of thiophene rings is 1. The largest absolute Gasteiger partial charge is 0.493 e. The normalized spacial score (nSPS) is 19.1. The maximum atomic E-state index is 15.6. The molecule has 0 bridgehead atoms. The van der Waals surface area contributed by atoms with Crippen molar-refractivity contribution in [2.24, 2.45) is 0 Å². The van der Waals surface area contributed by atoms with Crippen LogP contribution in [0, 0.1) is 11.6 Å². The van der Waals surface area contributed by atoms with E-state index in [0.29, 0.717) is 74.0 Å². The number of aromatic nitrogens is 4. The highest BCUT2D eigenvalue weighted by atomic mass is 32.1. The summed E-state index contributed by atoms with van der Waals surface area (Å²) in [7, 11) is 1.36. The molecule has 2 N–H and O–H groups in total. The van der Waals surface area contributed by atoms with Gasteiger partial charge in [-0.1, -0.05) is 18.2 Å². The Morgan fingerprint density at radius 2 is 1.92 bits per heavy atom. The van der Waals surface area contributed by atoms with Gasteiger partial charge in [0.1, 0.15) is 17.8 Å². The molecule has 0 radical (unpaired) electrons. The molecule has 2 aliphatic heterocycles. The summed E-state index contributed by atoms with van der Waals surface area (Å²) < 4.78 is 55.3. The third-order valence-electron chi connectivity index (χ3n) is 10.1. The lowest BCUT2D eigenvalue weighted by Crippen LogP contribution is -2.22. The van der Waals surface area contributed by atoms with E-state index < -0.39 is 23.8 Å². The van der Waals surface area contributed by atoms with Gasteiger partial charge >= 0.3 is 5.76 Å². The monoisotopic (exact) mass is 710 g/mol. The van der Waals surface area contributed by atoms with Crippen molar-refractivity contribution in [2.45, 2.75) is 50.4 Å². The zero-order valence-corrected chi connectivity index (χ0v) is 28.0. The highest BCUT2D eigenvalue weighted by Crippen LogP contribution is 2.51. The molecule has 51 heavy (non-hydrogen) atoms. The molecule has 1 saturated heterocycles. The Morgan fingerprint density at radius 3 is 2.71 bits per heavy atom. The van der Waals surface area contributed by atoms with Crippen molar-refractivity contribution in [3.63, 3.8) is 0 Å². The van der Waals surface area contributed by atoms with Gasteiger partial charge < -0.3 is 19.4 Å². The molecule has 4 aromatic heterocycles. The summed E-state index contributed by atoms with van der Waals surface area (Å²) >= 11 is 1.36. The van der Waals surface area contributed by atoms with E-state index in [9.17, 15) is 18.4 Å². The number of carbonyl (C=O) groups is 1. The summed E-state index contributed by atoms with van der Waals surface area (Å²) in [5, 5.41) is 10.6. The van der Waals surface area contributed by atoms with Gasteiger partial charge in [0.15, 0.2) is 11.6 Å². The van der Waals surface area contributed by atoms with Gasteiger partial charge in [-0.3, -0.25) is 9.78 Å². The van der Waals surface area contributed by atoms with Crippen LogP contribution < -0.4 is 15.8 Å². The van der Waals surface area contributed by atoms with Gasteiger partial charge in [0, 0.05) is 35.2 Å². The lowest BCUT2D eigenvalue weighted by atomic mass is 9.93. The number of aryl methyl sites for hydroxylation is 2. The molecule has 3 aliphatic rings. The molecule has 9 rings (SSSR count). The Bertz CT molecular complexity index is 2430. The lowest BCUT2D eigenvalue weighted by Gasteiger charge is -2.18. The van der Waals surface area contributed by atoms with Crippen molar-refractivity contribution in [1.82, 2.24) is 25.1 Å². The first-order valence-corrected chi connectivity index (χ1v) is 17.4. The van der Waals surface area contributed by atoms with Crippen LogP contribution in [0.15, 0.2) is 63.9 Å². The van der Waals surface area contributed by atoms with Crippen LogP contribution in [0.2, 0.25) is 0 Å². The van der Waals surface area contributed by atoms with E-state index in [1.165, 1.54) is 36.6 Å². The number of pyridine rings is 2. The second kappa shape index (κ2) is 12.1. The minimum absolute atomic E-state index is 0.00258. The predicted molar refractivity (Wildman–Crippen MR) is 184 cm³/mol. The first-order chi connectivity index (χ1) is 24.8. The SMILES string of the molecule is COc1c(F)ccc2c1C[C@H](F)[C@@H]2Nc1nccc2cc(-c3c4c(nc(CCc5ccc(F)cc5)c3-c3n[nH]c(=O)o3)[C@H]3CCCN3C4=O)sc12. The molecule has 258 valence electrons. The summed E-state index contributed by atoms with van der Waals surface area (Å²) in [6, 6.07) is 11.9. The number of rotatable bonds is 8. The van der Waals surface area contributed by atoms with Crippen molar-refractivity contribution < 1.29 is 27.1 Å². The number of H-pyrrole nitrogens is 1. The predicted octanol–water partition coefficient (Wildman–Crippen LogP) is 7.11. The molecular formula is C37H29F3N6O4S. The molecule has 2 aromatic carbocycles. The Kier molecular flexibility index (Phi) is 7.45. The van der Waals surface area contributed by atoms with Crippen LogP contribution in [-0.4, -0.2) is 50.8 Å². The summed E-state index contributed by atoms with van der Waals surface area (Å²) in [5.74, 6) is -1.34. The van der Waals surface area contributed by atoms with Gasteiger partial charge in [-0.15, -0.1) is 16.4 Å². The van der Waals surface area contributed by atoms with Crippen LogP contribution in [-0.2, 0) is 19.3 Å². The second-order valence-electron chi connectivity index (χ2n) is 12.9. The van der Waals surface area contributed by atoms with Crippen LogP contribution in [0.1, 0.15) is 63.4 Å². The molecule has 0 saturated carbocycles. The quantitative estimate of drug-likeness (QED) is 0.171. The number of aromatic amines is 1. The van der Waals surface area contributed by atoms with E-state index in [-0.39, 0.29) is 35.8 Å². The van der Waals surface area contributed by atoms with E-state index in [2.05, 4.69) is 20.5 Å². The molecule has 1 aliphatic carbocycles. The molecule has 14 heteroatoms. The highest BCUT2D eigenvalue weighted by molar-refractivity contribution is 7.23. The maximum absolute atomic E-state index is 15.6. The fourth-order valence-electron chi connectivity index (χ4n) is 7.81. The number of carbonyl (C=O) groups excluding carboxylic acids is 1. The van der Waals surface area contributed by atoms with Crippen LogP contribution in [0.3, 0.4) is 0 Å². The average Bonchev–Trinajstić information content (AvgIpc) is 3.96. The van der Waals surface area contributed by atoms with Crippen molar-refractivity contribution in [3.8, 4) is 27.6 Å². The Balaban J connectivity index is 1.20. The van der Waals surface area contributed by atoms with Crippen LogP contribution in [0.5, 0.6) is 5.75 Å². The molecule has 6 aromatic rings. The van der Waals surface area contributed by atoms with Crippen molar-refractivity contribution in [3.05, 3.63) is 111 Å². The topological polar surface area (TPSA) is 126 Å². The number of alkyl halides is 1. The lowest BCUT2D eigenvalue weighted by molar-refractivity contribution is 0.0776. The molecule has 1 fully saturated rings. The van der Waals surface area contributed by atoms with E-state index in [1.807, 2.05) is 17.0 Å². The van der Waals surface area contributed by atoms with Gasteiger partial charge in [0.05, 0.1) is 46.4 Å². The number of nitrogens with zero attached hydrogens (tertiary/aromatic N) is 4. The number of ether oxygens (including phenoxy) is 1. The van der Waals surface area contributed by atoms with Crippen LogP contribution in [0.25, 0.3) is 32.0 Å². The van der Waals surface area contributed by atoms with E-state index in [4.69, 9.17) is 14.1 Å². The second-order valence-corrected chi connectivity index (χ2v) is 14.0. The first kappa shape index (κ1) is 31.5. The molecule has 6 heterocycles. The Hall–Kier alpha value is -5.50. The molecule has 0 unspecified atom stereocenters. The minimum Gasteiger partial charge on any atom is -0.493 e. The van der Waals surface area contributed by atoms with Gasteiger partial charge in [0.2, 0.25) is 0 Å². The number of hydrogen-bond donors (Lipinski definition) is 2. The Labute approximate surface area is 292 Å². The third-order valence-corrected chi connectivity index (χ3v) is 11.3.